The third-order valence-electron chi connectivity index (χ3n) is 4.28. The van der Waals surface area contributed by atoms with E-state index in [0.717, 1.165) is 12.1 Å². The minimum Gasteiger partial charge on any atom is -0.481 e. The van der Waals surface area contributed by atoms with Gasteiger partial charge in [-0.25, -0.2) is 0 Å². The van der Waals surface area contributed by atoms with Gasteiger partial charge >= 0.3 is 0 Å². The van der Waals surface area contributed by atoms with Crippen LogP contribution in [0.15, 0.2) is 48.5 Å². The number of rotatable bonds is 4. The second-order valence-electron chi connectivity index (χ2n) is 6.36. The molecule has 2 aromatic carbocycles. The van der Waals surface area contributed by atoms with E-state index < -0.39 is 6.10 Å². The van der Waals surface area contributed by atoms with Crippen LogP contribution in [0.2, 0.25) is 0 Å². The SMILES string of the molecule is CC(=O)Nc1ccc(O[C@H](C)C(=O)N2c3ccccc3C[C@@H]2C)cc1. The molecule has 0 aromatic heterocycles. The predicted molar refractivity (Wildman–Crippen MR) is 97.9 cm³/mol. The monoisotopic (exact) mass is 338 g/mol. The van der Waals surface area contributed by atoms with Crippen LogP contribution in [-0.4, -0.2) is 24.0 Å². The molecular formula is C20H22N2O3. The van der Waals surface area contributed by atoms with Crippen molar-refractivity contribution in [1.29, 1.82) is 0 Å². The normalized spacial score (nSPS) is 16.9. The topological polar surface area (TPSA) is 58.6 Å². The molecule has 1 heterocycles. The summed E-state index contributed by atoms with van der Waals surface area (Å²) in [5, 5.41) is 2.70. The zero-order valence-electron chi connectivity index (χ0n) is 14.7. The molecule has 1 aliphatic rings. The van der Waals surface area contributed by atoms with Gasteiger partial charge in [0.25, 0.3) is 5.91 Å². The minimum absolute atomic E-state index is 0.0524. The Bertz CT molecular complexity index is 786. The van der Waals surface area contributed by atoms with E-state index in [1.54, 1.807) is 31.2 Å². The van der Waals surface area contributed by atoms with Crippen LogP contribution in [0.3, 0.4) is 0 Å². The molecule has 0 spiro atoms. The number of nitrogens with zero attached hydrogens (tertiary/aromatic N) is 1. The van der Waals surface area contributed by atoms with Gasteiger partial charge in [0.15, 0.2) is 6.10 Å². The maximum Gasteiger partial charge on any atom is 0.268 e. The summed E-state index contributed by atoms with van der Waals surface area (Å²) >= 11 is 0. The van der Waals surface area contributed by atoms with Crippen molar-refractivity contribution in [3.8, 4) is 5.75 Å². The zero-order chi connectivity index (χ0) is 18.0. The van der Waals surface area contributed by atoms with Crippen molar-refractivity contribution >= 4 is 23.2 Å². The van der Waals surface area contributed by atoms with Crippen LogP contribution >= 0.6 is 0 Å². The number of fused-ring (bicyclic) bond motifs is 1. The molecule has 0 saturated carbocycles. The lowest BCUT2D eigenvalue weighted by Crippen LogP contribution is -2.43. The summed E-state index contributed by atoms with van der Waals surface area (Å²) in [4.78, 5) is 25.8. The molecule has 5 heteroatoms. The molecular weight excluding hydrogens is 316 g/mol. The van der Waals surface area contributed by atoms with E-state index in [-0.39, 0.29) is 17.9 Å². The summed E-state index contributed by atoms with van der Waals surface area (Å²) in [6, 6.07) is 15.1. The maximum absolute atomic E-state index is 12.9. The van der Waals surface area contributed by atoms with Crippen LogP contribution in [0.1, 0.15) is 26.3 Å². The van der Waals surface area contributed by atoms with E-state index in [0.29, 0.717) is 11.4 Å². The molecule has 0 saturated heterocycles. The van der Waals surface area contributed by atoms with Gasteiger partial charge in [-0.05, 0) is 56.2 Å². The quantitative estimate of drug-likeness (QED) is 0.929. The molecule has 0 unspecified atom stereocenters. The standard InChI is InChI=1S/C20H22N2O3/c1-13-12-16-6-4-5-7-19(16)22(13)20(24)14(2)25-18-10-8-17(9-11-18)21-15(3)23/h4-11,13-14H,12H2,1-3H3,(H,21,23)/t13-,14+/m0/s1. The number of hydrogen-bond acceptors (Lipinski definition) is 3. The second-order valence-corrected chi connectivity index (χ2v) is 6.36. The summed E-state index contributed by atoms with van der Waals surface area (Å²) in [5.74, 6) is 0.414. The Labute approximate surface area is 147 Å². The molecule has 1 N–H and O–H groups in total. The predicted octanol–water partition coefficient (Wildman–Crippen LogP) is 3.39. The number of anilines is 2. The van der Waals surface area contributed by atoms with Crippen LogP contribution in [0.5, 0.6) is 5.75 Å². The molecule has 0 aliphatic carbocycles. The highest BCUT2D eigenvalue weighted by atomic mass is 16.5. The van der Waals surface area contributed by atoms with Crippen LogP contribution in [0.4, 0.5) is 11.4 Å². The molecule has 0 bridgehead atoms. The Morgan fingerprint density at radius 1 is 1.16 bits per heavy atom. The summed E-state index contributed by atoms with van der Waals surface area (Å²) < 4.78 is 5.81. The molecule has 130 valence electrons. The van der Waals surface area contributed by atoms with E-state index in [4.69, 9.17) is 4.74 Å². The molecule has 2 aromatic rings. The zero-order valence-corrected chi connectivity index (χ0v) is 14.7. The number of ether oxygens (including phenoxy) is 1. The van der Waals surface area contributed by atoms with E-state index in [9.17, 15) is 9.59 Å². The fraction of sp³-hybridized carbons (Fsp3) is 0.300. The first-order valence-corrected chi connectivity index (χ1v) is 8.41. The van der Waals surface area contributed by atoms with E-state index >= 15 is 0 Å². The Morgan fingerprint density at radius 2 is 1.84 bits per heavy atom. The molecule has 0 radical (unpaired) electrons. The highest BCUT2D eigenvalue weighted by Crippen LogP contribution is 2.32. The molecule has 2 amide bonds. The highest BCUT2D eigenvalue weighted by molar-refractivity contribution is 5.99. The minimum atomic E-state index is -0.597. The van der Waals surface area contributed by atoms with Gasteiger partial charge in [0, 0.05) is 24.3 Å². The van der Waals surface area contributed by atoms with E-state index in [1.807, 2.05) is 30.0 Å². The lowest BCUT2D eigenvalue weighted by atomic mass is 10.1. The molecule has 0 fully saturated rings. The average Bonchev–Trinajstić information content (AvgIpc) is 2.91. The van der Waals surface area contributed by atoms with Crippen molar-refractivity contribution in [2.45, 2.75) is 39.3 Å². The van der Waals surface area contributed by atoms with Gasteiger partial charge in [0.1, 0.15) is 5.75 Å². The number of para-hydroxylation sites is 1. The highest BCUT2D eigenvalue weighted by Gasteiger charge is 2.33. The van der Waals surface area contributed by atoms with Gasteiger partial charge in [-0.2, -0.15) is 0 Å². The van der Waals surface area contributed by atoms with Crippen LogP contribution in [0, 0.1) is 0 Å². The molecule has 2 atom stereocenters. The van der Waals surface area contributed by atoms with Crippen molar-refractivity contribution in [3.05, 3.63) is 54.1 Å². The summed E-state index contributed by atoms with van der Waals surface area (Å²) in [5.41, 5.74) is 2.85. The third kappa shape index (κ3) is 3.65. The summed E-state index contributed by atoms with van der Waals surface area (Å²) in [6.45, 7) is 5.27. The van der Waals surface area contributed by atoms with Crippen LogP contribution < -0.4 is 15.0 Å². The Morgan fingerprint density at radius 3 is 2.52 bits per heavy atom. The molecule has 5 nitrogen and oxygen atoms in total. The van der Waals surface area contributed by atoms with Gasteiger partial charge in [0.05, 0.1) is 0 Å². The van der Waals surface area contributed by atoms with Crippen molar-refractivity contribution in [3.63, 3.8) is 0 Å². The molecule has 25 heavy (non-hydrogen) atoms. The van der Waals surface area contributed by atoms with Gasteiger partial charge in [-0.3, -0.25) is 9.59 Å². The lowest BCUT2D eigenvalue weighted by Gasteiger charge is -2.26. The average molecular weight is 338 g/mol. The fourth-order valence-corrected chi connectivity index (χ4v) is 3.17. The van der Waals surface area contributed by atoms with Crippen molar-refractivity contribution in [2.24, 2.45) is 0 Å². The fourth-order valence-electron chi connectivity index (χ4n) is 3.17. The summed E-state index contributed by atoms with van der Waals surface area (Å²) in [7, 11) is 0. The summed E-state index contributed by atoms with van der Waals surface area (Å²) in [6.07, 6.45) is 0.264. The van der Waals surface area contributed by atoms with Gasteiger partial charge in [-0.15, -0.1) is 0 Å². The number of benzene rings is 2. The van der Waals surface area contributed by atoms with Crippen LogP contribution in [-0.2, 0) is 16.0 Å². The van der Waals surface area contributed by atoms with Crippen molar-refractivity contribution in [2.75, 3.05) is 10.2 Å². The Hall–Kier alpha value is -2.82. The van der Waals surface area contributed by atoms with E-state index in [1.165, 1.54) is 12.5 Å². The molecule has 3 rings (SSSR count). The maximum atomic E-state index is 12.9. The first-order chi connectivity index (χ1) is 12.0. The third-order valence-corrected chi connectivity index (χ3v) is 4.28. The van der Waals surface area contributed by atoms with Gasteiger partial charge in [-0.1, -0.05) is 18.2 Å². The lowest BCUT2D eigenvalue weighted by molar-refractivity contribution is -0.124. The Kier molecular flexibility index (Phi) is 4.74. The smallest absolute Gasteiger partial charge is 0.268 e. The first-order valence-electron chi connectivity index (χ1n) is 8.41. The van der Waals surface area contributed by atoms with Crippen molar-refractivity contribution < 1.29 is 14.3 Å². The van der Waals surface area contributed by atoms with E-state index in [2.05, 4.69) is 11.4 Å². The van der Waals surface area contributed by atoms with Crippen molar-refractivity contribution in [1.82, 2.24) is 0 Å². The molecule has 1 aliphatic heterocycles. The number of nitrogens with one attached hydrogen (secondary N) is 1. The number of carbonyl (C=O) groups is 2. The van der Waals surface area contributed by atoms with Gasteiger partial charge < -0.3 is 15.0 Å². The number of carbonyl (C=O) groups excluding carboxylic acids is 2. The Balaban J connectivity index is 1.70. The number of amides is 2. The largest absolute Gasteiger partial charge is 0.481 e. The van der Waals surface area contributed by atoms with Crippen LogP contribution in [0.25, 0.3) is 0 Å². The second kappa shape index (κ2) is 6.97. The first kappa shape index (κ1) is 17.0. The number of hydrogen-bond donors (Lipinski definition) is 1. The van der Waals surface area contributed by atoms with Gasteiger partial charge in [0.2, 0.25) is 5.91 Å².